The fourth-order valence-electron chi connectivity index (χ4n) is 0.892. The third-order valence-electron chi connectivity index (χ3n) is 1.51. The first-order valence-electron chi connectivity index (χ1n) is 4.02. The molecule has 0 aliphatic carbocycles. The largest absolute Gasteiger partial charge is 0.103 e. The molecule has 0 heterocycles. The van der Waals surface area contributed by atoms with Gasteiger partial charge in [-0.25, -0.2) is 0 Å². The summed E-state index contributed by atoms with van der Waals surface area (Å²) in [5.74, 6) is 0. The van der Waals surface area contributed by atoms with Crippen LogP contribution < -0.4 is 0 Å². The SMILES string of the molecule is C=CCCCCCCC.[Li]. The van der Waals surface area contributed by atoms with Crippen molar-refractivity contribution in [2.24, 2.45) is 0 Å². The molecule has 10 heavy (non-hydrogen) atoms. The van der Waals surface area contributed by atoms with E-state index in [0.29, 0.717) is 0 Å². The Kier molecular flexibility index (Phi) is 15.6. The van der Waals surface area contributed by atoms with E-state index in [-0.39, 0.29) is 18.9 Å². The standard InChI is InChI=1S/C9H18.Li/c1-3-5-7-9-8-6-4-2;/h3H,1,4-9H2,2H3;. The molecule has 0 aromatic rings. The average molecular weight is 133 g/mol. The van der Waals surface area contributed by atoms with Gasteiger partial charge >= 0.3 is 0 Å². The molecule has 0 spiro atoms. The second-order valence-corrected chi connectivity index (χ2v) is 2.49. The molecular formula is C9H18Li. The van der Waals surface area contributed by atoms with Crippen molar-refractivity contribution in [2.75, 3.05) is 0 Å². The second kappa shape index (κ2) is 12.1. The number of hydrogen-bond acceptors (Lipinski definition) is 0. The van der Waals surface area contributed by atoms with Crippen LogP contribution in [0.5, 0.6) is 0 Å². The van der Waals surface area contributed by atoms with E-state index in [4.69, 9.17) is 0 Å². The van der Waals surface area contributed by atoms with Crippen LogP contribution in [-0.4, -0.2) is 18.9 Å². The molecule has 0 fully saturated rings. The summed E-state index contributed by atoms with van der Waals surface area (Å²) in [6.45, 7) is 5.92. The zero-order valence-corrected chi connectivity index (χ0v) is 7.53. The van der Waals surface area contributed by atoms with Crippen LogP contribution in [0.1, 0.15) is 45.4 Å². The summed E-state index contributed by atoms with van der Waals surface area (Å²) >= 11 is 0. The average Bonchev–Trinajstić information content (AvgIpc) is 1.89. The molecule has 0 unspecified atom stereocenters. The van der Waals surface area contributed by atoms with Crippen LogP contribution in [0.4, 0.5) is 0 Å². The van der Waals surface area contributed by atoms with Crippen LogP contribution >= 0.6 is 0 Å². The van der Waals surface area contributed by atoms with Crippen molar-refractivity contribution >= 4 is 18.9 Å². The van der Waals surface area contributed by atoms with Crippen molar-refractivity contribution in [3.8, 4) is 0 Å². The molecular weight excluding hydrogens is 115 g/mol. The van der Waals surface area contributed by atoms with Crippen molar-refractivity contribution in [3.05, 3.63) is 12.7 Å². The molecule has 0 aliphatic rings. The predicted molar refractivity (Wildman–Crippen MR) is 49.3 cm³/mol. The maximum Gasteiger partial charge on any atom is 0 e. The molecule has 0 amide bonds. The zero-order chi connectivity index (χ0) is 6.95. The van der Waals surface area contributed by atoms with E-state index in [2.05, 4.69) is 13.5 Å². The van der Waals surface area contributed by atoms with Gasteiger partial charge in [0.25, 0.3) is 0 Å². The minimum atomic E-state index is 0. The fourth-order valence-corrected chi connectivity index (χ4v) is 0.892. The molecule has 0 aromatic heterocycles. The van der Waals surface area contributed by atoms with E-state index in [1.165, 1.54) is 38.5 Å². The van der Waals surface area contributed by atoms with Crippen LogP contribution in [0, 0.1) is 0 Å². The summed E-state index contributed by atoms with van der Waals surface area (Å²) in [5.41, 5.74) is 0. The third-order valence-corrected chi connectivity index (χ3v) is 1.51. The van der Waals surface area contributed by atoms with Gasteiger partial charge in [0, 0.05) is 18.9 Å². The van der Waals surface area contributed by atoms with Gasteiger partial charge in [-0.1, -0.05) is 38.7 Å². The predicted octanol–water partition coefficient (Wildman–Crippen LogP) is 3.15. The first kappa shape index (κ1) is 13.0. The maximum atomic E-state index is 3.68. The first-order chi connectivity index (χ1) is 4.41. The van der Waals surface area contributed by atoms with E-state index >= 15 is 0 Å². The first-order valence-corrected chi connectivity index (χ1v) is 4.02. The molecule has 0 aliphatic heterocycles. The smallest absolute Gasteiger partial charge is 0 e. The Hall–Kier alpha value is 0.337. The molecule has 0 aromatic carbocycles. The van der Waals surface area contributed by atoms with Crippen molar-refractivity contribution < 1.29 is 0 Å². The van der Waals surface area contributed by atoms with E-state index in [9.17, 15) is 0 Å². The summed E-state index contributed by atoms with van der Waals surface area (Å²) in [4.78, 5) is 0. The maximum absolute atomic E-state index is 3.68. The van der Waals surface area contributed by atoms with Crippen LogP contribution in [-0.2, 0) is 0 Å². The zero-order valence-electron chi connectivity index (χ0n) is 7.53. The molecule has 0 saturated heterocycles. The molecule has 0 bridgehead atoms. The summed E-state index contributed by atoms with van der Waals surface area (Å²) in [6, 6.07) is 0. The quantitative estimate of drug-likeness (QED) is 0.296. The summed E-state index contributed by atoms with van der Waals surface area (Å²) in [5, 5.41) is 0. The molecule has 1 radical (unpaired) electrons. The van der Waals surface area contributed by atoms with Crippen LogP contribution in [0.3, 0.4) is 0 Å². The molecule has 0 nitrogen and oxygen atoms in total. The van der Waals surface area contributed by atoms with E-state index in [1.807, 2.05) is 6.08 Å². The Balaban J connectivity index is 0. The van der Waals surface area contributed by atoms with Gasteiger partial charge in [-0.15, -0.1) is 6.58 Å². The number of hydrogen-bond donors (Lipinski definition) is 0. The Labute approximate surface area is 77.3 Å². The number of unbranched alkanes of at least 4 members (excludes halogenated alkanes) is 5. The molecule has 0 N–H and O–H groups in total. The summed E-state index contributed by atoms with van der Waals surface area (Å²) < 4.78 is 0. The minimum Gasteiger partial charge on any atom is -0.103 e. The van der Waals surface area contributed by atoms with Gasteiger partial charge in [0.15, 0.2) is 0 Å². The third kappa shape index (κ3) is 11.2. The van der Waals surface area contributed by atoms with Gasteiger partial charge in [0.05, 0.1) is 0 Å². The molecule has 0 rings (SSSR count). The Morgan fingerprint density at radius 2 is 1.70 bits per heavy atom. The van der Waals surface area contributed by atoms with E-state index in [0.717, 1.165) is 0 Å². The van der Waals surface area contributed by atoms with E-state index < -0.39 is 0 Å². The molecule has 55 valence electrons. The van der Waals surface area contributed by atoms with Gasteiger partial charge in [0.2, 0.25) is 0 Å². The Bertz CT molecular complexity index is 59.7. The van der Waals surface area contributed by atoms with Gasteiger partial charge in [-0.2, -0.15) is 0 Å². The topological polar surface area (TPSA) is 0 Å². The van der Waals surface area contributed by atoms with Crippen LogP contribution in [0.25, 0.3) is 0 Å². The second-order valence-electron chi connectivity index (χ2n) is 2.49. The fraction of sp³-hybridized carbons (Fsp3) is 0.778. The van der Waals surface area contributed by atoms with Crippen molar-refractivity contribution in [1.82, 2.24) is 0 Å². The molecule has 0 atom stereocenters. The molecule has 1 heteroatoms. The summed E-state index contributed by atoms with van der Waals surface area (Å²) in [7, 11) is 0. The van der Waals surface area contributed by atoms with Crippen molar-refractivity contribution in [3.63, 3.8) is 0 Å². The van der Waals surface area contributed by atoms with Gasteiger partial charge in [-0.05, 0) is 12.8 Å². The van der Waals surface area contributed by atoms with Crippen molar-refractivity contribution in [2.45, 2.75) is 45.4 Å². The Morgan fingerprint density at radius 1 is 1.10 bits per heavy atom. The van der Waals surface area contributed by atoms with Gasteiger partial charge < -0.3 is 0 Å². The molecule has 0 saturated carbocycles. The number of allylic oxidation sites excluding steroid dienone is 1. The monoisotopic (exact) mass is 133 g/mol. The number of rotatable bonds is 6. The van der Waals surface area contributed by atoms with E-state index in [1.54, 1.807) is 0 Å². The van der Waals surface area contributed by atoms with Crippen molar-refractivity contribution in [1.29, 1.82) is 0 Å². The minimum absolute atomic E-state index is 0. The Morgan fingerprint density at radius 3 is 2.20 bits per heavy atom. The van der Waals surface area contributed by atoms with Crippen LogP contribution in [0.2, 0.25) is 0 Å². The van der Waals surface area contributed by atoms with Gasteiger partial charge in [-0.3, -0.25) is 0 Å². The summed E-state index contributed by atoms with van der Waals surface area (Å²) in [6.07, 6.45) is 10.1. The van der Waals surface area contributed by atoms with Crippen LogP contribution in [0.15, 0.2) is 12.7 Å². The normalized spacial score (nSPS) is 8.50. The van der Waals surface area contributed by atoms with Gasteiger partial charge in [0.1, 0.15) is 0 Å².